The van der Waals surface area contributed by atoms with Gasteiger partial charge in [0.05, 0.1) is 5.92 Å². The van der Waals surface area contributed by atoms with Crippen LogP contribution in [0.5, 0.6) is 0 Å². The predicted octanol–water partition coefficient (Wildman–Crippen LogP) is 0.245. The second-order valence-corrected chi connectivity index (χ2v) is 5.07. The minimum absolute atomic E-state index is 0.00437. The van der Waals surface area contributed by atoms with Crippen molar-refractivity contribution < 1.29 is 14.7 Å². The number of aliphatic carboxylic acids is 1. The summed E-state index contributed by atoms with van der Waals surface area (Å²) in [6.45, 7) is 3.19. The van der Waals surface area contributed by atoms with Gasteiger partial charge in [0.2, 0.25) is 0 Å². The van der Waals surface area contributed by atoms with E-state index in [0.717, 1.165) is 39.0 Å². The molecule has 6 heteroatoms. The average Bonchev–Trinajstić information content (AvgIpc) is 2.40. The van der Waals surface area contributed by atoms with Gasteiger partial charge in [-0.25, -0.2) is 4.79 Å². The normalized spacial score (nSPS) is 28.8. The molecule has 0 unspecified atom stereocenters. The molecule has 1 aliphatic heterocycles. The molecule has 0 radical (unpaired) electrons. The number of carbonyl (C=O) groups is 2. The van der Waals surface area contributed by atoms with Crippen molar-refractivity contribution >= 4 is 12.0 Å². The van der Waals surface area contributed by atoms with E-state index >= 15 is 0 Å². The summed E-state index contributed by atoms with van der Waals surface area (Å²) in [6.07, 6.45) is 2.88. The zero-order valence-corrected chi connectivity index (χ0v) is 10.5. The summed E-state index contributed by atoms with van der Waals surface area (Å²) < 4.78 is 0. The van der Waals surface area contributed by atoms with Crippen molar-refractivity contribution in [2.24, 2.45) is 5.92 Å². The first-order chi connectivity index (χ1) is 8.66. The van der Waals surface area contributed by atoms with Gasteiger partial charge in [-0.2, -0.15) is 0 Å². The number of rotatable bonds is 2. The highest BCUT2D eigenvalue weighted by Crippen LogP contribution is 2.24. The minimum Gasteiger partial charge on any atom is -0.481 e. The van der Waals surface area contributed by atoms with Crippen LogP contribution in [-0.4, -0.2) is 54.2 Å². The standard InChI is InChI=1S/C12H21N3O3/c16-11(17)9-1-3-10(4-2-9)14-12(18)15-7-5-13-6-8-15/h9-10,13H,1-8H2,(H,14,18)(H,16,17). The SMILES string of the molecule is O=C(O)C1CCC(NC(=O)N2CCNCC2)CC1. The Morgan fingerprint density at radius 1 is 1.11 bits per heavy atom. The topological polar surface area (TPSA) is 81.7 Å². The Bertz CT molecular complexity index is 308. The Morgan fingerprint density at radius 2 is 1.72 bits per heavy atom. The van der Waals surface area contributed by atoms with Gasteiger partial charge in [0.25, 0.3) is 0 Å². The molecule has 0 bridgehead atoms. The smallest absolute Gasteiger partial charge is 0.317 e. The first-order valence-corrected chi connectivity index (χ1v) is 6.66. The fraction of sp³-hybridized carbons (Fsp3) is 0.833. The first kappa shape index (κ1) is 13.1. The highest BCUT2D eigenvalue weighted by Gasteiger charge is 2.27. The fourth-order valence-corrected chi connectivity index (χ4v) is 2.62. The fourth-order valence-electron chi connectivity index (χ4n) is 2.62. The molecular weight excluding hydrogens is 234 g/mol. The van der Waals surface area contributed by atoms with Crippen molar-refractivity contribution in [3.8, 4) is 0 Å². The van der Waals surface area contributed by atoms with E-state index in [1.165, 1.54) is 0 Å². The summed E-state index contributed by atoms with van der Waals surface area (Å²) >= 11 is 0. The lowest BCUT2D eigenvalue weighted by molar-refractivity contribution is -0.142. The number of urea groups is 1. The molecule has 3 N–H and O–H groups in total. The molecule has 0 aromatic heterocycles. The summed E-state index contributed by atoms with van der Waals surface area (Å²) in [6, 6.07) is 0.137. The van der Waals surface area contributed by atoms with Crippen LogP contribution in [0.4, 0.5) is 4.79 Å². The van der Waals surface area contributed by atoms with Crippen LogP contribution < -0.4 is 10.6 Å². The molecule has 2 aliphatic rings. The van der Waals surface area contributed by atoms with Gasteiger partial charge in [0.1, 0.15) is 0 Å². The van der Waals surface area contributed by atoms with Gasteiger partial charge in [-0.1, -0.05) is 0 Å². The zero-order valence-electron chi connectivity index (χ0n) is 10.5. The maximum absolute atomic E-state index is 12.0. The van der Waals surface area contributed by atoms with Crippen molar-refractivity contribution in [1.82, 2.24) is 15.5 Å². The first-order valence-electron chi connectivity index (χ1n) is 6.66. The van der Waals surface area contributed by atoms with E-state index in [-0.39, 0.29) is 18.0 Å². The highest BCUT2D eigenvalue weighted by atomic mass is 16.4. The quantitative estimate of drug-likeness (QED) is 0.660. The molecule has 1 heterocycles. The van der Waals surface area contributed by atoms with E-state index < -0.39 is 5.97 Å². The van der Waals surface area contributed by atoms with Gasteiger partial charge in [-0.15, -0.1) is 0 Å². The molecule has 1 saturated heterocycles. The lowest BCUT2D eigenvalue weighted by Crippen LogP contribution is -2.52. The lowest BCUT2D eigenvalue weighted by Gasteiger charge is -2.32. The van der Waals surface area contributed by atoms with Crippen molar-refractivity contribution in [3.05, 3.63) is 0 Å². The molecule has 0 aromatic rings. The Morgan fingerprint density at radius 3 is 2.28 bits per heavy atom. The van der Waals surface area contributed by atoms with Crippen molar-refractivity contribution in [3.63, 3.8) is 0 Å². The number of hydrogen-bond donors (Lipinski definition) is 3. The van der Waals surface area contributed by atoms with Crippen molar-refractivity contribution in [1.29, 1.82) is 0 Å². The van der Waals surface area contributed by atoms with E-state index in [4.69, 9.17) is 5.11 Å². The summed E-state index contributed by atoms with van der Waals surface area (Å²) in [5, 5.41) is 15.1. The maximum Gasteiger partial charge on any atom is 0.317 e. The van der Waals surface area contributed by atoms with E-state index in [1.54, 1.807) is 0 Å². The van der Waals surface area contributed by atoms with Crippen molar-refractivity contribution in [2.75, 3.05) is 26.2 Å². The van der Waals surface area contributed by atoms with E-state index in [2.05, 4.69) is 10.6 Å². The van der Waals surface area contributed by atoms with Crippen molar-refractivity contribution in [2.45, 2.75) is 31.7 Å². The summed E-state index contributed by atoms with van der Waals surface area (Å²) in [4.78, 5) is 24.6. The van der Waals surface area contributed by atoms with E-state index in [9.17, 15) is 9.59 Å². The number of nitrogens with one attached hydrogen (secondary N) is 2. The van der Waals surface area contributed by atoms with Crippen LogP contribution in [-0.2, 0) is 4.79 Å². The second kappa shape index (κ2) is 6.04. The number of carbonyl (C=O) groups excluding carboxylic acids is 1. The number of hydrogen-bond acceptors (Lipinski definition) is 3. The molecule has 0 spiro atoms. The number of nitrogens with zero attached hydrogens (tertiary/aromatic N) is 1. The van der Waals surface area contributed by atoms with Crippen LogP contribution in [0.3, 0.4) is 0 Å². The van der Waals surface area contributed by atoms with Crippen LogP contribution in [0.25, 0.3) is 0 Å². The van der Waals surface area contributed by atoms with Gasteiger partial charge >= 0.3 is 12.0 Å². The third kappa shape index (κ3) is 3.35. The summed E-state index contributed by atoms with van der Waals surface area (Å²) in [5.41, 5.74) is 0. The van der Waals surface area contributed by atoms with Crippen LogP contribution in [0.2, 0.25) is 0 Å². The monoisotopic (exact) mass is 255 g/mol. The molecule has 2 amide bonds. The summed E-state index contributed by atoms with van der Waals surface area (Å²) in [7, 11) is 0. The molecule has 0 atom stereocenters. The number of carboxylic acid groups (broad SMARTS) is 1. The van der Waals surface area contributed by atoms with Gasteiger partial charge in [-0.3, -0.25) is 4.79 Å². The van der Waals surface area contributed by atoms with E-state index in [0.29, 0.717) is 12.8 Å². The number of carboxylic acids is 1. The Hall–Kier alpha value is -1.30. The Kier molecular flexibility index (Phi) is 4.41. The molecule has 102 valence electrons. The minimum atomic E-state index is -0.707. The molecule has 18 heavy (non-hydrogen) atoms. The average molecular weight is 255 g/mol. The van der Waals surface area contributed by atoms with Gasteiger partial charge in [0, 0.05) is 32.2 Å². The van der Waals surface area contributed by atoms with Crippen LogP contribution in [0, 0.1) is 5.92 Å². The molecule has 1 saturated carbocycles. The largest absolute Gasteiger partial charge is 0.481 e. The zero-order chi connectivity index (χ0) is 13.0. The Balaban J connectivity index is 1.73. The molecule has 2 fully saturated rings. The van der Waals surface area contributed by atoms with Gasteiger partial charge in [0.15, 0.2) is 0 Å². The third-order valence-corrected chi connectivity index (χ3v) is 3.81. The van der Waals surface area contributed by atoms with Gasteiger partial charge in [-0.05, 0) is 25.7 Å². The molecule has 1 aliphatic carbocycles. The third-order valence-electron chi connectivity index (χ3n) is 3.81. The Labute approximate surface area is 107 Å². The van der Waals surface area contributed by atoms with E-state index in [1.807, 2.05) is 4.90 Å². The van der Waals surface area contributed by atoms with Gasteiger partial charge < -0.3 is 20.6 Å². The van der Waals surface area contributed by atoms with Crippen LogP contribution in [0.1, 0.15) is 25.7 Å². The number of amides is 2. The molecular formula is C12H21N3O3. The molecule has 0 aromatic carbocycles. The number of piperazine rings is 1. The predicted molar refractivity (Wildman–Crippen MR) is 66.4 cm³/mol. The maximum atomic E-state index is 12.0. The van der Waals surface area contributed by atoms with Crippen LogP contribution >= 0.6 is 0 Å². The molecule has 6 nitrogen and oxygen atoms in total. The second-order valence-electron chi connectivity index (χ2n) is 5.07. The highest BCUT2D eigenvalue weighted by molar-refractivity contribution is 5.75. The van der Waals surface area contributed by atoms with Crippen LogP contribution in [0.15, 0.2) is 0 Å². The molecule has 2 rings (SSSR count). The lowest BCUT2D eigenvalue weighted by atomic mass is 9.86. The summed E-state index contributed by atoms with van der Waals surface area (Å²) in [5.74, 6) is -0.931.